The van der Waals surface area contributed by atoms with Crippen LogP contribution >= 0.6 is 0 Å². The van der Waals surface area contributed by atoms with Gasteiger partial charge in [-0.05, 0) is 68.5 Å². The zero-order valence-corrected chi connectivity index (χ0v) is 16.4. The van der Waals surface area contributed by atoms with Crippen LogP contribution < -0.4 is 5.32 Å². The average molecular weight is 382 g/mol. The van der Waals surface area contributed by atoms with E-state index < -0.39 is 0 Å². The molecule has 1 aromatic heterocycles. The number of nitrogens with one attached hydrogen (secondary N) is 2. The number of hydrogen-bond donors (Lipinski definition) is 3. The van der Waals surface area contributed by atoms with E-state index in [4.69, 9.17) is 0 Å². The zero-order valence-electron chi connectivity index (χ0n) is 16.4. The molecule has 0 bridgehead atoms. The van der Waals surface area contributed by atoms with E-state index >= 15 is 0 Å². The Bertz CT molecular complexity index is 930. The van der Waals surface area contributed by atoms with Gasteiger partial charge in [-0.2, -0.15) is 0 Å². The summed E-state index contributed by atoms with van der Waals surface area (Å²) in [5.74, 6) is -0.367. The van der Waals surface area contributed by atoms with Crippen molar-refractivity contribution in [1.82, 2.24) is 9.88 Å². The number of anilines is 1. The fourth-order valence-electron chi connectivity index (χ4n) is 3.18. The first-order chi connectivity index (χ1) is 13.6. The molecule has 0 radical (unpaired) electrons. The first-order valence-electron chi connectivity index (χ1n) is 9.71. The van der Waals surface area contributed by atoms with Gasteiger partial charge in [-0.3, -0.25) is 4.99 Å². The maximum atomic E-state index is 13.5. The van der Waals surface area contributed by atoms with Crippen LogP contribution in [-0.2, 0) is 0 Å². The van der Waals surface area contributed by atoms with Crippen LogP contribution in [0.25, 0.3) is 10.9 Å². The summed E-state index contributed by atoms with van der Waals surface area (Å²) in [5, 5.41) is 14.1. The summed E-state index contributed by atoms with van der Waals surface area (Å²) < 4.78 is 13.5. The van der Waals surface area contributed by atoms with Crippen molar-refractivity contribution in [2.75, 3.05) is 31.5 Å². The Kier molecular flexibility index (Phi) is 6.66. The van der Waals surface area contributed by atoms with Gasteiger partial charge >= 0.3 is 0 Å². The minimum atomic E-state index is -0.349. The number of hydrogen-bond acceptors (Lipinski definition) is 4. The van der Waals surface area contributed by atoms with Gasteiger partial charge in [0.15, 0.2) is 5.88 Å². The Balaban J connectivity index is 1.60. The van der Waals surface area contributed by atoms with Gasteiger partial charge in [-0.25, -0.2) is 4.39 Å². The van der Waals surface area contributed by atoms with E-state index in [2.05, 4.69) is 34.0 Å². The highest BCUT2D eigenvalue weighted by atomic mass is 19.1. The number of benzene rings is 2. The number of aromatic nitrogens is 1. The highest BCUT2D eigenvalue weighted by molar-refractivity contribution is 6.02. The van der Waals surface area contributed by atoms with Crippen LogP contribution in [0.4, 0.5) is 15.8 Å². The molecule has 0 saturated carbocycles. The fraction of sp³-hybridized carbons (Fsp3) is 0.318. The number of aromatic hydroxyl groups is 1. The molecule has 5 nitrogen and oxygen atoms in total. The third kappa shape index (κ3) is 4.89. The van der Waals surface area contributed by atoms with Crippen molar-refractivity contribution in [3.63, 3.8) is 0 Å². The summed E-state index contributed by atoms with van der Waals surface area (Å²) in [5.41, 5.74) is 2.96. The molecule has 0 unspecified atom stereocenters. The van der Waals surface area contributed by atoms with Crippen LogP contribution in [0, 0.1) is 5.82 Å². The average Bonchev–Trinajstić information content (AvgIpc) is 3.02. The Morgan fingerprint density at radius 3 is 2.61 bits per heavy atom. The van der Waals surface area contributed by atoms with E-state index in [1.807, 2.05) is 24.3 Å². The van der Waals surface area contributed by atoms with Crippen molar-refractivity contribution in [2.45, 2.75) is 20.3 Å². The molecule has 3 N–H and O–H groups in total. The first kappa shape index (κ1) is 19.9. The number of halogens is 1. The predicted molar refractivity (Wildman–Crippen MR) is 115 cm³/mol. The van der Waals surface area contributed by atoms with Crippen molar-refractivity contribution in [3.05, 3.63) is 53.8 Å². The second-order valence-electron chi connectivity index (χ2n) is 6.69. The van der Waals surface area contributed by atoms with Crippen molar-refractivity contribution < 1.29 is 9.50 Å². The monoisotopic (exact) mass is 382 g/mol. The van der Waals surface area contributed by atoms with E-state index in [0.717, 1.165) is 44.0 Å². The summed E-state index contributed by atoms with van der Waals surface area (Å²) >= 11 is 0. The first-order valence-corrected chi connectivity index (χ1v) is 9.71. The molecule has 0 aliphatic heterocycles. The minimum absolute atomic E-state index is 0.0177. The minimum Gasteiger partial charge on any atom is -0.494 e. The molecule has 3 rings (SSSR count). The van der Waals surface area contributed by atoms with E-state index in [0.29, 0.717) is 16.5 Å². The third-order valence-corrected chi connectivity index (χ3v) is 4.86. The Labute approximate surface area is 164 Å². The number of H-pyrrole nitrogens is 1. The quantitative estimate of drug-likeness (QED) is 0.364. The molecule has 0 amide bonds. The van der Waals surface area contributed by atoms with Crippen molar-refractivity contribution in [3.8, 4) is 5.88 Å². The predicted octanol–water partition coefficient (Wildman–Crippen LogP) is 4.91. The normalized spacial score (nSPS) is 11.7. The Morgan fingerprint density at radius 1 is 1.14 bits per heavy atom. The Hall–Kier alpha value is -2.86. The summed E-state index contributed by atoms with van der Waals surface area (Å²) in [6, 6.07) is 12.1. The second kappa shape index (κ2) is 9.37. The zero-order chi connectivity index (χ0) is 19.9. The van der Waals surface area contributed by atoms with Crippen molar-refractivity contribution in [1.29, 1.82) is 0 Å². The van der Waals surface area contributed by atoms with Gasteiger partial charge in [0.05, 0.1) is 11.3 Å². The number of fused-ring (bicyclic) bond motifs is 1. The third-order valence-electron chi connectivity index (χ3n) is 4.86. The van der Waals surface area contributed by atoms with Gasteiger partial charge in [0.2, 0.25) is 0 Å². The van der Waals surface area contributed by atoms with E-state index in [-0.39, 0.29) is 11.7 Å². The number of nitrogens with zero attached hydrogens (tertiary/aromatic N) is 2. The molecule has 1 heterocycles. The van der Waals surface area contributed by atoms with E-state index in [1.54, 1.807) is 12.3 Å². The lowest BCUT2D eigenvalue weighted by molar-refractivity contribution is 0.303. The number of aliphatic imine (C=N–C) groups is 1. The van der Waals surface area contributed by atoms with Gasteiger partial charge in [-0.1, -0.05) is 13.8 Å². The van der Waals surface area contributed by atoms with Crippen LogP contribution in [0.15, 0.2) is 47.5 Å². The number of aromatic amines is 1. The summed E-state index contributed by atoms with van der Waals surface area (Å²) in [6.07, 6.45) is 2.65. The molecule has 0 aliphatic carbocycles. The summed E-state index contributed by atoms with van der Waals surface area (Å²) in [7, 11) is 0. The van der Waals surface area contributed by atoms with E-state index in [1.165, 1.54) is 12.1 Å². The van der Waals surface area contributed by atoms with Gasteiger partial charge < -0.3 is 20.3 Å². The molecular weight excluding hydrogens is 355 g/mol. The SMILES string of the molecule is CCN(CC)CCCNc1ccc(N=Cc2c(O)[nH]c3ccc(F)cc23)cc1. The van der Waals surface area contributed by atoms with Gasteiger partial charge in [-0.15, -0.1) is 0 Å². The van der Waals surface area contributed by atoms with Gasteiger partial charge in [0, 0.05) is 29.3 Å². The molecule has 0 saturated heterocycles. The molecule has 3 aromatic rings. The van der Waals surface area contributed by atoms with Crippen molar-refractivity contribution in [2.24, 2.45) is 4.99 Å². The van der Waals surface area contributed by atoms with Crippen LogP contribution in [0.1, 0.15) is 25.8 Å². The van der Waals surface area contributed by atoms with Crippen LogP contribution in [0.5, 0.6) is 5.88 Å². The maximum absolute atomic E-state index is 13.5. The maximum Gasteiger partial charge on any atom is 0.198 e. The van der Waals surface area contributed by atoms with Gasteiger partial charge in [0.25, 0.3) is 0 Å². The smallest absolute Gasteiger partial charge is 0.198 e. The lowest BCUT2D eigenvalue weighted by Gasteiger charge is -2.17. The lowest BCUT2D eigenvalue weighted by atomic mass is 10.2. The molecule has 2 aromatic carbocycles. The van der Waals surface area contributed by atoms with E-state index in [9.17, 15) is 9.50 Å². The second-order valence-corrected chi connectivity index (χ2v) is 6.69. The standard InChI is InChI=1S/C22H27FN4O/c1-3-27(4-2)13-5-12-24-17-7-9-18(10-8-17)25-15-20-19-14-16(23)6-11-21(19)26-22(20)28/h6-11,14-15,24,26,28H,3-5,12-13H2,1-2H3. The fourth-order valence-corrected chi connectivity index (χ4v) is 3.18. The van der Waals surface area contributed by atoms with Crippen LogP contribution in [0.2, 0.25) is 0 Å². The largest absolute Gasteiger partial charge is 0.494 e. The molecule has 0 spiro atoms. The highest BCUT2D eigenvalue weighted by Crippen LogP contribution is 2.27. The topological polar surface area (TPSA) is 63.6 Å². The lowest BCUT2D eigenvalue weighted by Crippen LogP contribution is -2.25. The Morgan fingerprint density at radius 2 is 1.89 bits per heavy atom. The number of rotatable bonds is 9. The van der Waals surface area contributed by atoms with Gasteiger partial charge in [0.1, 0.15) is 5.82 Å². The highest BCUT2D eigenvalue weighted by Gasteiger charge is 2.09. The molecule has 6 heteroatoms. The summed E-state index contributed by atoms with van der Waals surface area (Å²) in [4.78, 5) is 9.65. The molecule has 0 fully saturated rings. The van der Waals surface area contributed by atoms with Crippen molar-refractivity contribution >= 4 is 28.5 Å². The molecular formula is C22H27FN4O. The molecule has 148 valence electrons. The molecule has 0 aliphatic rings. The molecule has 0 atom stereocenters. The summed E-state index contributed by atoms with van der Waals surface area (Å²) in [6.45, 7) is 8.56. The molecule has 28 heavy (non-hydrogen) atoms. The van der Waals surface area contributed by atoms with Crippen LogP contribution in [0.3, 0.4) is 0 Å². The van der Waals surface area contributed by atoms with Crippen LogP contribution in [-0.4, -0.2) is 47.4 Å².